The number of hydrogen-bond donors (Lipinski definition) is 2. The molecule has 2 heterocycles. The van der Waals surface area contributed by atoms with Crippen LogP contribution in [0.25, 0.3) is 10.8 Å². The van der Waals surface area contributed by atoms with Crippen LogP contribution < -0.4 is 4.90 Å². The zero-order valence-corrected chi connectivity index (χ0v) is 20.4. The molecule has 0 spiro atoms. The normalized spacial score (nSPS) is 18.6. The Balaban J connectivity index is 1.17. The zero-order chi connectivity index (χ0) is 25.1. The third-order valence-corrected chi connectivity index (χ3v) is 6.97. The predicted molar refractivity (Wildman–Crippen MR) is 142 cm³/mol. The minimum atomic E-state index is -0.776. The Labute approximate surface area is 210 Å². The molecule has 0 aliphatic carbocycles. The highest BCUT2D eigenvalue weighted by Crippen LogP contribution is 2.27. The maximum atomic E-state index is 10.9. The van der Waals surface area contributed by atoms with Crippen LogP contribution in [-0.4, -0.2) is 84.8 Å². The number of nitrogens with one attached hydrogen (secondary N) is 1. The van der Waals surface area contributed by atoms with Crippen molar-refractivity contribution >= 4 is 34.0 Å². The lowest BCUT2D eigenvalue weighted by atomic mass is 10.0. The summed E-state index contributed by atoms with van der Waals surface area (Å²) in [5, 5.41) is 24.4. The first-order chi connectivity index (χ1) is 17.5. The summed E-state index contributed by atoms with van der Waals surface area (Å²) in [6, 6.07) is 22.3. The largest absolute Gasteiger partial charge is 0.480 e. The lowest BCUT2D eigenvalue weighted by molar-refractivity contribution is -0.138. The number of aliphatic carboxylic acids is 1. The first kappa shape index (κ1) is 24.0. The fourth-order valence-electron chi connectivity index (χ4n) is 4.94. The monoisotopic (exact) mass is 485 g/mol. The first-order valence-electron chi connectivity index (χ1n) is 12.3. The standard InChI is InChI=1S/C28H31N5O3/c1-31(26-8-4-6-20-5-2-3-7-24(20)26)28(29)22-11-9-21(10-12-22)25-17-23(36-30-25)18-32-13-15-33(16-14-32)19-27(34)35/h2-12,23,29H,13-19H2,1H3,(H,34,35). The van der Waals surface area contributed by atoms with Crippen LogP contribution in [-0.2, 0) is 9.63 Å². The smallest absolute Gasteiger partial charge is 0.317 e. The summed E-state index contributed by atoms with van der Waals surface area (Å²) in [5.41, 5.74) is 3.77. The van der Waals surface area contributed by atoms with E-state index in [0.29, 0.717) is 5.84 Å². The minimum absolute atomic E-state index is 0.00138. The Hall–Kier alpha value is -3.75. The van der Waals surface area contributed by atoms with E-state index in [0.717, 1.165) is 72.4 Å². The molecule has 1 fully saturated rings. The zero-order valence-electron chi connectivity index (χ0n) is 20.4. The Morgan fingerprint density at radius 2 is 1.72 bits per heavy atom. The van der Waals surface area contributed by atoms with Crippen LogP contribution in [0.2, 0.25) is 0 Å². The predicted octanol–water partition coefficient (Wildman–Crippen LogP) is 3.50. The van der Waals surface area contributed by atoms with E-state index in [1.54, 1.807) is 0 Å². The van der Waals surface area contributed by atoms with Crippen LogP contribution in [0.4, 0.5) is 5.69 Å². The van der Waals surface area contributed by atoms with Crippen molar-refractivity contribution in [3.8, 4) is 0 Å². The molecule has 0 bridgehead atoms. The molecule has 186 valence electrons. The van der Waals surface area contributed by atoms with Crippen molar-refractivity contribution in [1.29, 1.82) is 5.41 Å². The van der Waals surface area contributed by atoms with Gasteiger partial charge in [0.1, 0.15) is 11.9 Å². The fourth-order valence-corrected chi connectivity index (χ4v) is 4.94. The number of piperazine rings is 1. The van der Waals surface area contributed by atoms with Crippen LogP contribution in [0.1, 0.15) is 17.5 Å². The second-order valence-corrected chi connectivity index (χ2v) is 9.42. The number of carboxylic acids is 1. The topological polar surface area (TPSA) is 92.5 Å². The summed E-state index contributed by atoms with van der Waals surface area (Å²) >= 11 is 0. The van der Waals surface area contributed by atoms with E-state index in [2.05, 4.69) is 28.3 Å². The number of oxime groups is 1. The van der Waals surface area contributed by atoms with Crippen LogP contribution in [0.3, 0.4) is 0 Å². The molecule has 8 nitrogen and oxygen atoms in total. The van der Waals surface area contributed by atoms with Gasteiger partial charge in [0, 0.05) is 62.8 Å². The van der Waals surface area contributed by atoms with E-state index in [-0.39, 0.29) is 12.6 Å². The molecule has 2 aliphatic heterocycles. The maximum absolute atomic E-state index is 10.9. The molecule has 2 aliphatic rings. The maximum Gasteiger partial charge on any atom is 0.317 e. The summed E-state index contributed by atoms with van der Waals surface area (Å²) < 4.78 is 0. The van der Waals surface area contributed by atoms with E-state index in [9.17, 15) is 4.79 Å². The summed E-state index contributed by atoms with van der Waals surface area (Å²) in [6.07, 6.45) is 0.740. The summed E-state index contributed by atoms with van der Waals surface area (Å²) in [6.45, 7) is 4.08. The number of amidine groups is 1. The Morgan fingerprint density at radius 1 is 1.03 bits per heavy atom. The quantitative estimate of drug-likeness (QED) is 0.393. The first-order valence-corrected chi connectivity index (χ1v) is 12.3. The van der Waals surface area contributed by atoms with Crippen molar-refractivity contribution in [2.45, 2.75) is 12.5 Å². The van der Waals surface area contributed by atoms with Crippen molar-refractivity contribution in [2.75, 3.05) is 51.2 Å². The molecule has 2 N–H and O–H groups in total. The molecule has 3 aromatic carbocycles. The van der Waals surface area contributed by atoms with Gasteiger partial charge in [0.05, 0.1) is 12.3 Å². The third-order valence-electron chi connectivity index (χ3n) is 6.97. The van der Waals surface area contributed by atoms with E-state index in [4.69, 9.17) is 15.4 Å². The average molecular weight is 486 g/mol. The van der Waals surface area contributed by atoms with Crippen LogP contribution >= 0.6 is 0 Å². The van der Waals surface area contributed by atoms with Crippen LogP contribution in [0, 0.1) is 5.41 Å². The second kappa shape index (κ2) is 10.5. The third kappa shape index (κ3) is 5.24. The molecule has 3 aromatic rings. The van der Waals surface area contributed by atoms with Gasteiger partial charge in [-0.1, -0.05) is 65.8 Å². The molecule has 0 aromatic heterocycles. The Bertz CT molecular complexity index is 1280. The summed E-state index contributed by atoms with van der Waals surface area (Å²) in [4.78, 5) is 22.8. The van der Waals surface area contributed by atoms with Gasteiger partial charge in [-0.25, -0.2) is 0 Å². The minimum Gasteiger partial charge on any atom is -0.480 e. The fraction of sp³-hybridized carbons (Fsp3) is 0.321. The van der Waals surface area contributed by atoms with Crippen LogP contribution in [0.15, 0.2) is 71.9 Å². The number of benzene rings is 3. The van der Waals surface area contributed by atoms with Crippen molar-refractivity contribution in [3.63, 3.8) is 0 Å². The van der Waals surface area contributed by atoms with Gasteiger partial charge in [0.2, 0.25) is 0 Å². The number of carbonyl (C=O) groups is 1. The van der Waals surface area contributed by atoms with Gasteiger partial charge < -0.3 is 14.8 Å². The number of rotatable bonds is 7. The van der Waals surface area contributed by atoms with E-state index in [1.807, 2.05) is 65.4 Å². The molecule has 5 rings (SSSR count). The van der Waals surface area contributed by atoms with Gasteiger partial charge >= 0.3 is 5.97 Å². The molecular formula is C28H31N5O3. The number of anilines is 1. The van der Waals surface area contributed by atoms with E-state index >= 15 is 0 Å². The summed E-state index contributed by atoms with van der Waals surface area (Å²) in [5.74, 6) is -0.343. The number of hydrogen-bond acceptors (Lipinski definition) is 6. The molecule has 8 heteroatoms. The Kier molecular flexibility index (Phi) is 6.97. The van der Waals surface area contributed by atoms with Gasteiger partial charge in [-0.3, -0.25) is 20.0 Å². The molecule has 1 unspecified atom stereocenters. The highest BCUT2D eigenvalue weighted by Gasteiger charge is 2.27. The molecule has 1 atom stereocenters. The number of carboxylic acid groups (broad SMARTS) is 1. The molecule has 0 radical (unpaired) electrons. The summed E-state index contributed by atoms with van der Waals surface area (Å²) in [7, 11) is 1.93. The molecule has 36 heavy (non-hydrogen) atoms. The van der Waals surface area contributed by atoms with Crippen molar-refractivity contribution in [1.82, 2.24) is 9.80 Å². The second-order valence-electron chi connectivity index (χ2n) is 9.42. The van der Waals surface area contributed by atoms with E-state index < -0.39 is 5.97 Å². The number of nitrogens with zero attached hydrogens (tertiary/aromatic N) is 4. The molecule has 1 saturated heterocycles. The van der Waals surface area contributed by atoms with Gasteiger partial charge in [0.25, 0.3) is 0 Å². The average Bonchev–Trinajstić information content (AvgIpc) is 3.37. The highest BCUT2D eigenvalue weighted by atomic mass is 16.6. The van der Waals surface area contributed by atoms with Crippen LogP contribution in [0.5, 0.6) is 0 Å². The van der Waals surface area contributed by atoms with Gasteiger partial charge in [-0.15, -0.1) is 0 Å². The van der Waals surface area contributed by atoms with Gasteiger partial charge in [0.15, 0.2) is 0 Å². The van der Waals surface area contributed by atoms with Crippen molar-refractivity contribution in [3.05, 3.63) is 77.9 Å². The number of fused-ring (bicyclic) bond motifs is 1. The molecular weight excluding hydrogens is 454 g/mol. The highest BCUT2D eigenvalue weighted by molar-refractivity contribution is 6.12. The lowest BCUT2D eigenvalue weighted by Gasteiger charge is -2.34. The lowest BCUT2D eigenvalue weighted by Crippen LogP contribution is -2.49. The van der Waals surface area contributed by atoms with Gasteiger partial charge in [-0.2, -0.15) is 0 Å². The van der Waals surface area contributed by atoms with Gasteiger partial charge in [-0.05, 0) is 17.0 Å². The van der Waals surface area contributed by atoms with Crippen molar-refractivity contribution < 1.29 is 14.7 Å². The molecule has 0 saturated carbocycles. The van der Waals surface area contributed by atoms with Crippen molar-refractivity contribution in [2.24, 2.45) is 5.16 Å². The Morgan fingerprint density at radius 3 is 2.47 bits per heavy atom. The van der Waals surface area contributed by atoms with E-state index in [1.165, 1.54) is 0 Å². The SMILES string of the molecule is CN(C(=N)c1ccc(C2=NOC(CN3CCN(CC(=O)O)CC3)C2)cc1)c1cccc2ccccc12. The molecule has 0 amide bonds.